The molecule has 0 fully saturated rings. The fraction of sp³-hybridized carbons (Fsp3) is 0.222. The molecule has 2 aromatic rings. The normalized spacial score (nSPS) is 9.68. The third-order valence-electron chi connectivity index (χ3n) is 3.56. The van der Waals surface area contributed by atoms with Gasteiger partial charge in [0.05, 0.1) is 24.3 Å². The minimum atomic E-state index is -1.61. The molecule has 0 atom stereocenters. The molecule has 0 unspecified atom stereocenters. The van der Waals surface area contributed by atoms with Crippen molar-refractivity contribution < 1.29 is 34.2 Å². The summed E-state index contributed by atoms with van der Waals surface area (Å²) in [5.41, 5.74) is 0.888. The predicted molar refractivity (Wildman–Crippen MR) is 108 cm³/mol. The maximum atomic E-state index is 11.6. The molecule has 1 amide bonds. The molecule has 0 radical (unpaired) electrons. The number of aromatic carboxylic acids is 1. The number of carboxylic acid groups (broad SMARTS) is 1. The third kappa shape index (κ3) is 6.26. The molecule has 0 aromatic heterocycles. The second-order valence-electron chi connectivity index (χ2n) is 5.68. The molecule has 0 heterocycles. The van der Waals surface area contributed by atoms with E-state index in [9.17, 15) is 9.59 Å². The van der Waals surface area contributed by atoms with Crippen molar-refractivity contribution in [2.24, 2.45) is 0 Å². The quantitative estimate of drug-likeness (QED) is 0.583. The van der Waals surface area contributed by atoms with Gasteiger partial charge in [0.2, 0.25) is 0 Å². The average molecular weight is 454 g/mol. The standard InChI is InChI=1S/C10H14BNO4.C8H7BrO3/c1-12(2)10(13)7-4-5-8(11(14)15)9(6-7)16-3;1-12-7-4-5(8(10)11)2-3-6(7)9/h4-6,14-15H,1-3H3;2-4H,1H3,(H,10,11). The number of nitrogens with zero attached hydrogens (tertiary/aromatic N) is 1. The van der Waals surface area contributed by atoms with Gasteiger partial charge < -0.3 is 29.5 Å². The lowest BCUT2D eigenvalue weighted by atomic mass is 9.79. The van der Waals surface area contributed by atoms with Gasteiger partial charge in [-0.3, -0.25) is 4.79 Å². The van der Waals surface area contributed by atoms with E-state index in [1.165, 1.54) is 49.5 Å². The summed E-state index contributed by atoms with van der Waals surface area (Å²) in [4.78, 5) is 23.6. The number of ether oxygens (including phenoxy) is 2. The highest BCUT2D eigenvalue weighted by Crippen LogP contribution is 2.25. The molecule has 0 aliphatic rings. The Morgan fingerprint density at radius 3 is 1.96 bits per heavy atom. The molecule has 150 valence electrons. The monoisotopic (exact) mass is 453 g/mol. The molecule has 0 saturated heterocycles. The summed E-state index contributed by atoms with van der Waals surface area (Å²) in [6.45, 7) is 0. The molecule has 3 N–H and O–H groups in total. The number of methoxy groups -OCH3 is 2. The summed E-state index contributed by atoms with van der Waals surface area (Å²) in [5.74, 6) is -0.323. The molecule has 2 aromatic carbocycles. The summed E-state index contributed by atoms with van der Waals surface area (Å²) >= 11 is 3.22. The van der Waals surface area contributed by atoms with Crippen molar-refractivity contribution in [3.8, 4) is 11.5 Å². The number of carbonyl (C=O) groups excluding carboxylic acids is 1. The van der Waals surface area contributed by atoms with Gasteiger partial charge in [-0.25, -0.2) is 4.79 Å². The Hall–Kier alpha value is -2.56. The lowest BCUT2D eigenvalue weighted by Crippen LogP contribution is -2.32. The summed E-state index contributed by atoms with van der Waals surface area (Å²) in [6.07, 6.45) is 0. The van der Waals surface area contributed by atoms with Crippen LogP contribution in [0.1, 0.15) is 20.7 Å². The highest BCUT2D eigenvalue weighted by Gasteiger charge is 2.19. The molecule has 0 aliphatic carbocycles. The zero-order valence-corrected chi connectivity index (χ0v) is 17.4. The van der Waals surface area contributed by atoms with Crippen LogP contribution in [0.2, 0.25) is 0 Å². The number of hydrogen-bond donors (Lipinski definition) is 3. The van der Waals surface area contributed by atoms with Crippen LogP contribution in [-0.4, -0.2) is 67.4 Å². The Morgan fingerprint density at radius 2 is 1.50 bits per heavy atom. The van der Waals surface area contributed by atoms with Crippen molar-refractivity contribution in [2.45, 2.75) is 0 Å². The highest BCUT2D eigenvalue weighted by molar-refractivity contribution is 9.10. The summed E-state index contributed by atoms with van der Waals surface area (Å²) in [6, 6.07) is 9.08. The molecule has 0 spiro atoms. The van der Waals surface area contributed by atoms with Crippen LogP contribution in [0.15, 0.2) is 40.9 Å². The van der Waals surface area contributed by atoms with Crippen LogP contribution in [0.4, 0.5) is 0 Å². The number of rotatable bonds is 5. The molecular weight excluding hydrogens is 433 g/mol. The number of carboxylic acids is 1. The Morgan fingerprint density at radius 1 is 0.964 bits per heavy atom. The van der Waals surface area contributed by atoms with Crippen molar-refractivity contribution in [3.63, 3.8) is 0 Å². The SMILES string of the molecule is COc1cc(C(=O)N(C)C)ccc1B(O)O.COc1cc(C(=O)O)ccc1Br. The van der Waals surface area contributed by atoms with Gasteiger partial charge >= 0.3 is 13.1 Å². The van der Waals surface area contributed by atoms with Crippen molar-refractivity contribution >= 4 is 40.4 Å². The Kier molecular flexibility index (Phi) is 8.97. The zero-order valence-electron chi connectivity index (χ0n) is 15.8. The second kappa shape index (κ2) is 10.7. The number of benzene rings is 2. The molecule has 28 heavy (non-hydrogen) atoms. The smallest absolute Gasteiger partial charge is 0.492 e. The van der Waals surface area contributed by atoms with Gasteiger partial charge in [-0.15, -0.1) is 0 Å². The van der Waals surface area contributed by atoms with E-state index >= 15 is 0 Å². The van der Waals surface area contributed by atoms with Gasteiger partial charge in [-0.2, -0.15) is 0 Å². The molecule has 0 bridgehead atoms. The van der Waals surface area contributed by atoms with E-state index in [0.29, 0.717) is 11.3 Å². The van der Waals surface area contributed by atoms with Crippen LogP contribution in [0, 0.1) is 0 Å². The van der Waals surface area contributed by atoms with Crippen LogP contribution in [-0.2, 0) is 0 Å². The van der Waals surface area contributed by atoms with Crippen molar-refractivity contribution in [1.82, 2.24) is 4.90 Å². The van der Waals surface area contributed by atoms with Gasteiger partial charge in [-0.1, -0.05) is 6.07 Å². The first-order valence-electron chi connectivity index (χ1n) is 7.94. The first-order chi connectivity index (χ1) is 13.1. The minimum absolute atomic E-state index is 0.169. The van der Waals surface area contributed by atoms with E-state index in [1.54, 1.807) is 20.2 Å². The minimum Gasteiger partial charge on any atom is -0.497 e. The summed E-state index contributed by atoms with van der Waals surface area (Å²) in [7, 11) is 4.57. The molecular formula is C18H21BBrNO7. The molecule has 0 aliphatic heterocycles. The first kappa shape index (κ1) is 23.5. The highest BCUT2D eigenvalue weighted by atomic mass is 79.9. The Balaban J connectivity index is 0.000000292. The zero-order chi connectivity index (χ0) is 21.4. The Labute approximate surface area is 171 Å². The van der Waals surface area contributed by atoms with E-state index in [0.717, 1.165) is 4.47 Å². The number of carbonyl (C=O) groups is 2. The fourth-order valence-electron chi connectivity index (χ4n) is 2.11. The van der Waals surface area contributed by atoms with Gasteiger partial charge in [-0.05, 0) is 46.3 Å². The predicted octanol–water partition coefficient (Wildman–Crippen LogP) is 1.23. The maximum absolute atomic E-state index is 11.6. The second-order valence-corrected chi connectivity index (χ2v) is 6.54. The van der Waals surface area contributed by atoms with Crippen LogP contribution in [0.5, 0.6) is 11.5 Å². The van der Waals surface area contributed by atoms with Crippen LogP contribution >= 0.6 is 15.9 Å². The van der Waals surface area contributed by atoms with Crippen LogP contribution in [0.3, 0.4) is 0 Å². The van der Waals surface area contributed by atoms with E-state index in [2.05, 4.69) is 15.9 Å². The van der Waals surface area contributed by atoms with E-state index in [1.807, 2.05) is 0 Å². The number of amides is 1. The van der Waals surface area contributed by atoms with Crippen LogP contribution < -0.4 is 14.9 Å². The third-order valence-corrected chi connectivity index (χ3v) is 4.22. The van der Waals surface area contributed by atoms with Gasteiger partial charge in [0.15, 0.2) is 0 Å². The largest absolute Gasteiger partial charge is 0.497 e. The van der Waals surface area contributed by atoms with E-state index in [-0.39, 0.29) is 22.7 Å². The van der Waals surface area contributed by atoms with Crippen molar-refractivity contribution in [1.29, 1.82) is 0 Å². The number of halogens is 1. The van der Waals surface area contributed by atoms with E-state index in [4.69, 9.17) is 24.6 Å². The van der Waals surface area contributed by atoms with Crippen molar-refractivity contribution in [2.75, 3.05) is 28.3 Å². The molecule has 2 rings (SSSR count). The summed E-state index contributed by atoms with van der Waals surface area (Å²) in [5, 5.41) is 26.7. The van der Waals surface area contributed by atoms with Gasteiger partial charge in [0, 0.05) is 25.1 Å². The van der Waals surface area contributed by atoms with Gasteiger partial charge in [0.1, 0.15) is 11.5 Å². The lowest BCUT2D eigenvalue weighted by Gasteiger charge is -2.13. The first-order valence-corrected chi connectivity index (χ1v) is 8.74. The van der Waals surface area contributed by atoms with Crippen LogP contribution in [0.25, 0.3) is 0 Å². The topological polar surface area (TPSA) is 117 Å². The summed E-state index contributed by atoms with van der Waals surface area (Å²) < 4.78 is 10.7. The lowest BCUT2D eigenvalue weighted by molar-refractivity contribution is 0.0696. The molecule has 0 saturated carbocycles. The Bertz CT molecular complexity index is 843. The molecule has 8 nitrogen and oxygen atoms in total. The maximum Gasteiger partial charge on any atom is 0.492 e. The fourth-order valence-corrected chi connectivity index (χ4v) is 2.52. The van der Waals surface area contributed by atoms with Gasteiger partial charge in [0.25, 0.3) is 5.91 Å². The molecule has 10 heteroatoms. The average Bonchev–Trinajstić information content (AvgIpc) is 2.67. The van der Waals surface area contributed by atoms with Crippen molar-refractivity contribution in [3.05, 3.63) is 52.0 Å². The van der Waals surface area contributed by atoms with E-state index < -0.39 is 13.1 Å². The number of hydrogen-bond acceptors (Lipinski definition) is 6.